The van der Waals surface area contributed by atoms with Crippen LogP contribution in [0.5, 0.6) is 0 Å². The first-order valence-electron chi connectivity index (χ1n) is 5.09. The van der Waals surface area contributed by atoms with Crippen LogP contribution in [0.25, 0.3) is 0 Å². The molecule has 0 aliphatic carbocycles. The van der Waals surface area contributed by atoms with Gasteiger partial charge in [-0.1, -0.05) is 13.3 Å². The van der Waals surface area contributed by atoms with Gasteiger partial charge < -0.3 is 9.72 Å². The van der Waals surface area contributed by atoms with E-state index < -0.39 is 10.0 Å². The topological polar surface area (TPSA) is 84.1 Å². The van der Waals surface area contributed by atoms with Gasteiger partial charge in [-0.05, 0) is 6.42 Å². The van der Waals surface area contributed by atoms with Gasteiger partial charge >= 0.3 is 0 Å². The van der Waals surface area contributed by atoms with E-state index in [-0.39, 0.29) is 11.1 Å². The Balaban J connectivity index is 2.70. The fourth-order valence-electron chi connectivity index (χ4n) is 1.40. The number of nitrogens with one attached hydrogen (secondary N) is 2. The van der Waals surface area contributed by atoms with Crippen LogP contribution < -0.4 is 4.72 Å². The minimum Gasteiger partial charge on any atom is -0.383 e. The van der Waals surface area contributed by atoms with Gasteiger partial charge in [-0.25, -0.2) is 18.1 Å². The summed E-state index contributed by atoms with van der Waals surface area (Å²) in [6.45, 7) is 2.36. The van der Waals surface area contributed by atoms with Crippen LogP contribution in [0, 0.1) is 0 Å². The number of methoxy groups -OCH3 is 1. The second-order valence-corrected chi connectivity index (χ2v) is 5.16. The van der Waals surface area contributed by atoms with Gasteiger partial charge in [0.1, 0.15) is 0 Å². The molecule has 6 nitrogen and oxygen atoms in total. The molecule has 0 amide bonds. The molecule has 7 heteroatoms. The van der Waals surface area contributed by atoms with Crippen molar-refractivity contribution < 1.29 is 13.2 Å². The highest BCUT2D eigenvalue weighted by Crippen LogP contribution is 2.06. The molecule has 92 valence electrons. The van der Waals surface area contributed by atoms with E-state index in [0.717, 1.165) is 12.8 Å². The summed E-state index contributed by atoms with van der Waals surface area (Å²) in [5.41, 5.74) is 0. The van der Waals surface area contributed by atoms with E-state index in [1.165, 1.54) is 12.5 Å². The molecule has 1 heterocycles. The zero-order valence-corrected chi connectivity index (χ0v) is 10.3. The van der Waals surface area contributed by atoms with Crippen molar-refractivity contribution in [3.05, 3.63) is 12.5 Å². The number of rotatable bonds is 7. The maximum atomic E-state index is 11.8. The summed E-state index contributed by atoms with van der Waals surface area (Å²) in [6, 6.07) is -0.205. The van der Waals surface area contributed by atoms with Crippen molar-refractivity contribution in [3.8, 4) is 0 Å². The van der Waals surface area contributed by atoms with Crippen molar-refractivity contribution in [1.82, 2.24) is 14.7 Å². The Hall–Kier alpha value is -0.920. The predicted octanol–water partition coefficient (Wildman–Crippen LogP) is 0.503. The molecule has 0 fully saturated rings. The number of aromatic amines is 1. The van der Waals surface area contributed by atoms with Gasteiger partial charge in [0.05, 0.1) is 19.1 Å². The normalized spacial score (nSPS) is 13.9. The number of ether oxygens (including phenoxy) is 1. The van der Waals surface area contributed by atoms with Gasteiger partial charge in [0.2, 0.25) is 0 Å². The third-order valence-electron chi connectivity index (χ3n) is 2.09. The summed E-state index contributed by atoms with van der Waals surface area (Å²) in [5.74, 6) is 0. The summed E-state index contributed by atoms with van der Waals surface area (Å²) in [4.78, 5) is 6.25. The Morgan fingerprint density at radius 2 is 2.38 bits per heavy atom. The van der Waals surface area contributed by atoms with Crippen LogP contribution in [0.2, 0.25) is 0 Å². The fraction of sp³-hybridized carbons (Fsp3) is 0.667. The van der Waals surface area contributed by atoms with Crippen molar-refractivity contribution in [2.24, 2.45) is 0 Å². The number of H-pyrrole nitrogens is 1. The van der Waals surface area contributed by atoms with E-state index in [4.69, 9.17) is 4.74 Å². The van der Waals surface area contributed by atoms with Gasteiger partial charge in [0, 0.05) is 13.2 Å². The third kappa shape index (κ3) is 3.58. The van der Waals surface area contributed by atoms with Crippen LogP contribution in [-0.4, -0.2) is 38.1 Å². The minimum absolute atomic E-state index is 0.0738. The van der Waals surface area contributed by atoms with Crippen LogP contribution in [0.4, 0.5) is 0 Å². The van der Waals surface area contributed by atoms with Crippen molar-refractivity contribution in [3.63, 3.8) is 0 Å². The molecule has 0 spiro atoms. The molecule has 0 radical (unpaired) electrons. The smallest absolute Gasteiger partial charge is 0.257 e. The molecule has 0 aromatic carbocycles. The molecular formula is C9H17N3O3S. The molecule has 1 atom stereocenters. The molecule has 0 aliphatic rings. The van der Waals surface area contributed by atoms with Gasteiger partial charge in [0.15, 0.2) is 5.03 Å². The van der Waals surface area contributed by atoms with Crippen molar-refractivity contribution >= 4 is 10.0 Å². The lowest BCUT2D eigenvalue weighted by Gasteiger charge is -2.16. The zero-order valence-electron chi connectivity index (χ0n) is 9.43. The number of hydrogen-bond acceptors (Lipinski definition) is 4. The maximum Gasteiger partial charge on any atom is 0.257 e. The maximum absolute atomic E-state index is 11.8. The number of sulfonamides is 1. The summed E-state index contributed by atoms with van der Waals surface area (Å²) in [7, 11) is -1.96. The largest absolute Gasteiger partial charge is 0.383 e. The van der Waals surface area contributed by atoms with Crippen LogP contribution >= 0.6 is 0 Å². The Kier molecular flexibility index (Phi) is 4.91. The molecule has 1 unspecified atom stereocenters. The zero-order chi connectivity index (χ0) is 12.0. The SMILES string of the molecule is CCCC(COC)NS(=O)(=O)c1cnc[nH]1. The Morgan fingerprint density at radius 3 is 2.88 bits per heavy atom. The van der Waals surface area contributed by atoms with Crippen LogP contribution in [0.15, 0.2) is 17.6 Å². The number of hydrogen-bond donors (Lipinski definition) is 2. The second kappa shape index (κ2) is 5.97. The highest BCUT2D eigenvalue weighted by molar-refractivity contribution is 7.89. The van der Waals surface area contributed by atoms with E-state index >= 15 is 0 Å². The molecular weight excluding hydrogens is 230 g/mol. The van der Waals surface area contributed by atoms with Crippen LogP contribution in [-0.2, 0) is 14.8 Å². The average molecular weight is 247 g/mol. The highest BCUT2D eigenvalue weighted by Gasteiger charge is 2.20. The van der Waals surface area contributed by atoms with Gasteiger partial charge in [-0.15, -0.1) is 0 Å². The standard InChI is InChI=1S/C9H17N3O3S/c1-3-4-8(6-15-2)12-16(13,14)9-5-10-7-11-9/h5,7-8,12H,3-4,6H2,1-2H3,(H,10,11). The fourth-order valence-corrected chi connectivity index (χ4v) is 2.56. The summed E-state index contributed by atoms with van der Waals surface area (Å²) < 4.78 is 31.2. The third-order valence-corrected chi connectivity index (χ3v) is 3.54. The Labute approximate surface area is 95.5 Å². The first-order chi connectivity index (χ1) is 7.60. The van der Waals surface area contributed by atoms with Crippen molar-refractivity contribution in [1.29, 1.82) is 0 Å². The lowest BCUT2D eigenvalue weighted by Crippen LogP contribution is -2.38. The first-order valence-corrected chi connectivity index (χ1v) is 6.58. The predicted molar refractivity (Wildman–Crippen MR) is 59.5 cm³/mol. The van der Waals surface area contributed by atoms with Crippen molar-refractivity contribution in [2.75, 3.05) is 13.7 Å². The molecule has 16 heavy (non-hydrogen) atoms. The average Bonchev–Trinajstić information content (AvgIpc) is 2.71. The summed E-state index contributed by atoms with van der Waals surface area (Å²) >= 11 is 0. The van der Waals surface area contributed by atoms with Crippen LogP contribution in [0.3, 0.4) is 0 Å². The van der Waals surface area contributed by atoms with Gasteiger partial charge in [-0.2, -0.15) is 0 Å². The van der Waals surface area contributed by atoms with Crippen LogP contribution in [0.1, 0.15) is 19.8 Å². The lowest BCUT2D eigenvalue weighted by atomic mass is 10.2. The van der Waals surface area contributed by atoms with E-state index in [0.29, 0.717) is 6.61 Å². The molecule has 2 N–H and O–H groups in total. The minimum atomic E-state index is -3.51. The number of imidazole rings is 1. The van der Waals surface area contributed by atoms with E-state index in [1.807, 2.05) is 6.92 Å². The summed E-state index contributed by atoms with van der Waals surface area (Å²) in [5, 5.41) is 0.0738. The van der Waals surface area contributed by atoms with Gasteiger partial charge in [0.25, 0.3) is 10.0 Å². The molecule has 1 rings (SSSR count). The Bertz CT molecular complexity index is 382. The summed E-state index contributed by atoms with van der Waals surface area (Å²) in [6.07, 6.45) is 4.23. The first kappa shape index (κ1) is 13.1. The second-order valence-electron chi connectivity index (χ2n) is 3.48. The molecule has 1 aromatic rings. The lowest BCUT2D eigenvalue weighted by molar-refractivity contribution is 0.171. The number of aromatic nitrogens is 2. The van der Waals surface area contributed by atoms with Gasteiger partial charge in [-0.3, -0.25) is 0 Å². The molecule has 1 aromatic heterocycles. The monoisotopic (exact) mass is 247 g/mol. The number of nitrogens with zero attached hydrogens (tertiary/aromatic N) is 1. The van der Waals surface area contributed by atoms with E-state index in [2.05, 4.69) is 14.7 Å². The highest BCUT2D eigenvalue weighted by atomic mass is 32.2. The molecule has 0 saturated heterocycles. The molecule has 0 saturated carbocycles. The van der Waals surface area contributed by atoms with E-state index in [1.54, 1.807) is 7.11 Å². The molecule has 0 bridgehead atoms. The Morgan fingerprint density at radius 1 is 1.62 bits per heavy atom. The molecule has 0 aliphatic heterocycles. The van der Waals surface area contributed by atoms with E-state index in [9.17, 15) is 8.42 Å². The quantitative estimate of drug-likeness (QED) is 0.735. The van der Waals surface area contributed by atoms with Crippen molar-refractivity contribution in [2.45, 2.75) is 30.8 Å².